The van der Waals surface area contributed by atoms with Gasteiger partial charge in [0, 0.05) is 5.56 Å². The van der Waals surface area contributed by atoms with Gasteiger partial charge in [0.15, 0.2) is 0 Å². The maximum atomic E-state index is 13.7. The van der Waals surface area contributed by atoms with Crippen LogP contribution in [0.1, 0.15) is 18.6 Å². The van der Waals surface area contributed by atoms with Gasteiger partial charge in [-0.3, -0.25) is 4.52 Å². The molecular weight excluding hydrogens is 384 g/mol. The second-order valence-corrected chi connectivity index (χ2v) is 7.23. The van der Waals surface area contributed by atoms with Crippen LogP contribution in [0.4, 0.5) is 4.39 Å². The van der Waals surface area contributed by atoms with Crippen LogP contribution >= 0.6 is 7.82 Å². The third kappa shape index (κ3) is 5.09. The summed E-state index contributed by atoms with van der Waals surface area (Å²) in [7, 11) is -2.74. The van der Waals surface area contributed by atoms with E-state index in [4.69, 9.17) is 18.3 Å². The van der Waals surface area contributed by atoms with Gasteiger partial charge in [0.2, 0.25) is 5.88 Å². The molecule has 1 aromatic heterocycles. The van der Waals surface area contributed by atoms with Crippen LogP contribution < -0.4 is 13.8 Å². The van der Waals surface area contributed by atoms with Crippen molar-refractivity contribution in [2.24, 2.45) is 0 Å². The SMILES string of the molecule is COc1ncc(F)cc1C(C)OP(=O)(Oc1ccccc1)Oc1ccccc1. The van der Waals surface area contributed by atoms with E-state index < -0.39 is 19.7 Å². The molecule has 28 heavy (non-hydrogen) atoms. The molecule has 0 N–H and O–H groups in total. The maximum absolute atomic E-state index is 13.7. The predicted molar refractivity (Wildman–Crippen MR) is 102 cm³/mol. The van der Waals surface area contributed by atoms with Gasteiger partial charge in [0.1, 0.15) is 17.3 Å². The lowest BCUT2D eigenvalue weighted by atomic mass is 10.2. The Hall–Kier alpha value is -2.89. The van der Waals surface area contributed by atoms with Crippen molar-refractivity contribution in [3.05, 3.63) is 84.3 Å². The minimum absolute atomic E-state index is 0.153. The van der Waals surface area contributed by atoms with Gasteiger partial charge in [-0.1, -0.05) is 36.4 Å². The highest BCUT2D eigenvalue weighted by molar-refractivity contribution is 7.49. The molecule has 3 rings (SSSR count). The van der Waals surface area contributed by atoms with Crippen molar-refractivity contribution in [1.29, 1.82) is 0 Å². The highest BCUT2D eigenvalue weighted by Gasteiger charge is 2.35. The van der Waals surface area contributed by atoms with Crippen LogP contribution in [0, 0.1) is 5.82 Å². The second-order valence-electron chi connectivity index (χ2n) is 5.76. The van der Waals surface area contributed by atoms with Gasteiger partial charge in [-0.25, -0.2) is 13.9 Å². The molecule has 0 saturated carbocycles. The van der Waals surface area contributed by atoms with E-state index in [2.05, 4.69) is 4.98 Å². The molecular formula is C20H19FNO5P. The molecule has 0 amide bonds. The van der Waals surface area contributed by atoms with E-state index in [9.17, 15) is 8.96 Å². The fourth-order valence-corrected chi connectivity index (χ4v) is 3.82. The van der Waals surface area contributed by atoms with Gasteiger partial charge in [-0.2, -0.15) is 0 Å². The molecule has 3 aromatic rings. The number of phosphoric acid groups is 1. The largest absolute Gasteiger partial charge is 0.588 e. The first-order valence-corrected chi connectivity index (χ1v) is 9.92. The summed E-state index contributed by atoms with van der Waals surface area (Å²) >= 11 is 0. The Morgan fingerprint density at radius 1 is 0.964 bits per heavy atom. The second kappa shape index (κ2) is 8.87. The molecule has 2 aromatic carbocycles. The van der Waals surface area contributed by atoms with Crippen molar-refractivity contribution in [2.45, 2.75) is 13.0 Å². The number of para-hydroxylation sites is 2. The number of hydrogen-bond acceptors (Lipinski definition) is 6. The average molecular weight is 403 g/mol. The number of pyridine rings is 1. The minimum atomic E-state index is -4.14. The van der Waals surface area contributed by atoms with Gasteiger partial charge < -0.3 is 13.8 Å². The Labute approximate surface area is 162 Å². The number of halogens is 1. The zero-order chi connectivity index (χ0) is 20.0. The van der Waals surface area contributed by atoms with Crippen LogP contribution in [-0.2, 0) is 9.09 Å². The normalized spacial score (nSPS) is 12.2. The van der Waals surface area contributed by atoms with Gasteiger partial charge in [0.25, 0.3) is 0 Å². The van der Waals surface area contributed by atoms with E-state index in [0.29, 0.717) is 11.5 Å². The smallest absolute Gasteiger partial charge is 0.481 e. The number of hydrogen-bond donors (Lipinski definition) is 0. The number of ether oxygens (including phenoxy) is 1. The van der Waals surface area contributed by atoms with Gasteiger partial charge in [-0.15, -0.1) is 0 Å². The zero-order valence-corrected chi connectivity index (χ0v) is 16.2. The van der Waals surface area contributed by atoms with Crippen LogP contribution in [-0.4, -0.2) is 12.1 Å². The number of rotatable bonds is 8. The third-order valence-electron chi connectivity index (χ3n) is 3.68. The van der Waals surface area contributed by atoms with E-state index in [1.165, 1.54) is 13.2 Å². The molecule has 0 spiro atoms. The fourth-order valence-electron chi connectivity index (χ4n) is 2.44. The number of aromatic nitrogens is 1. The number of nitrogens with zero attached hydrogens (tertiary/aromatic N) is 1. The molecule has 1 heterocycles. The topological polar surface area (TPSA) is 66.9 Å². The number of phosphoric ester groups is 1. The highest BCUT2D eigenvalue weighted by Crippen LogP contribution is 2.53. The van der Waals surface area contributed by atoms with E-state index in [-0.39, 0.29) is 11.4 Å². The van der Waals surface area contributed by atoms with Crippen LogP contribution in [0.3, 0.4) is 0 Å². The van der Waals surface area contributed by atoms with Gasteiger partial charge >= 0.3 is 7.82 Å². The summed E-state index contributed by atoms with van der Waals surface area (Å²) in [5.41, 5.74) is 0.274. The minimum Gasteiger partial charge on any atom is -0.481 e. The Morgan fingerprint density at radius 3 is 2.00 bits per heavy atom. The first-order chi connectivity index (χ1) is 13.5. The summed E-state index contributed by atoms with van der Waals surface area (Å²) < 4.78 is 49.0. The highest BCUT2D eigenvalue weighted by atomic mass is 31.2. The van der Waals surface area contributed by atoms with E-state index in [1.54, 1.807) is 67.6 Å². The summed E-state index contributed by atoms with van der Waals surface area (Å²) in [6, 6.07) is 18.2. The van der Waals surface area contributed by atoms with Crippen LogP contribution in [0.2, 0.25) is 0 Å². The summed E-state index contributed by atoms with van der Waals surface area (Å²) in [6.07, 6.45) is 0.131. The van der Waals surface area contributed by atoms with Crippen molar-refractivity contribution in [2.75, 3.05) is 7.11 Å². The number of benzene rings is 2. The molecule has 0 aliphatic heterocycles. The molecule has 0 aliphatic rings. The van der Waals surface area contributed by atoms with Crippen molar-refractivity contribution in [3.8, 4) is 17.4 Å². The Morgan fingerprint density at radius 2 is 1.50 bits per heavy atom. The quantitative estimate of drug-likeness (QED) is 0.458. The standard InChI is InChI=1S/C20H19FNO5P/c1-15(19-13-16(21)14-22-20(19)24-2)25-28(23,26-17-9-5-3-6-10-17)27-18-11-7-4-8-12-18/h3-15H,1-2H3. The monoisotopic (exact) mass is 403 g/mol. The lowest BCUT2D eigenvalue weighted by molar-refractivity contribution is 0.152. The summed E-state index contributed by atoms with van der Waals surface area (Å²) in [4.78, 5) is 3.87. The first kappa shape index (κ1) is 19.9. The van der Waals surface area contributed by atoms with Crippen molar-refractivity contribution in [3.63, 3.8) is 0 Å². The average Bonchev–Trinajstić information content (AvgIpc) is 2.69. The summed E-state index contributed by atoms with van der Waals surface area (Å²) in [6.45, 7) is 1.58. The molecule has 146 valence electrons. The molecule has 6 nitrogen and oxygen atoms in total. The molecule has 0 bridgehead atoms. The molecule has 0 radical (unpaired) electrons. The van der Waals surface area contributed by atoms with E-state index >= 15 is 0 Å². The first-order valence-electron chi connectivity index (χ1n) is 8.46. The summed E-state index contributed by atoms with van der Waals surface area (Å²) in [5, 5.41) is 0. The molecule has 8 heteroatoms. The van der Waals surface area contributed by atoms with Gasteiger partial charge in [0.05, 0.1) is 19.4 Å². The zero-order valence-electron chi connectivity index (χ0n) is 15.3. The predicted octanol–water partition coefficient (Wildman–Crippen LogP) is 5.57. The van der Waals surface area contributed by atoms with Crippen LogP contribution in [0.25, 0.3) is 0 Å². The van der Waals surface area contributed by atoms with Crippen molar-refractivity contribution in [1.82, 2.24) is 4.98 Å². The lowest BCUT2D eigenvalue weighted by Gasteiger charge is -2.23. The van der Waals surface area contributed by atoms with Crippen molar-refractivity contribution < 1.29 is 27.3 Å². The van der Waals surface area contributed by atoms with E-state index in [1.807, 2.05) is 0 Å². The van der Waals surface area contributed by atoms with Crippen molar-refractivity contribution >= 4 is 7.82 Å². The molecule has 1 atom stereocenters. The Bertz CT molecular complexity index is 910. The van der Waals surface area contributed by atoms with E-state index in [0.717, 1.165) is 6.20 Å². The third-order valence-corrected chi connectivity index (χ3v) is 5.13. The molecule has 1 unspecified atom stereocenters. The van der Waals surface area contributed by atoms with Crippen LogP contribution in [0.5, 0.6) is 17.4 Å². The maximum Gasteiger partial charge on any atom is 0.588 e. The molecule has 0 saturated heterocycles. The van der Waals surface area contributed by atoms with Gasteiger partial charge in [-0.05, 0) is 37.3 Å². The molecule has 0 fully saturated rings. The Balaban J connectivity index is 1.90. The summed E-state index contributed by atoms with van der Waals surface area (Å²) in [5.74, 6) is 0.186. The van der Waals surface area contributed by atoms with Crippen LogP contribution in [0.15, 0.2) is 72.9 Å². The number of methoxy groups -OCH3 is 1. The fraction of sp³-hybridized carbons (Fsp3) is 0.150. The Kier molecular flexibility index (Phi) is 6.29. The molecule has 0 aliphatic carbocycles. The lowest BCUT2D eigenvalue weighted by Crippen LogP contribution is -2.10.